The Morgan fingerprint density at radius 1 is 0.325 bits per heavy atom. The number of hydrogen-bond acceptors (Lipinski definition) is 4. The average molecular weight is 1000 g/mol. The third-order valence-electron chi connectivity index (χ3n) is 16.0. The normalized spacial score (nSPS) is 13.4. The van der Waals surface area contributed by atoms with Crippen LogP contribution < -0.4 is 26.2 Å². The molecule has 380 valence electrons. The van der Waals surface area contributed by atoms with Crippen molar-refractivity contribution in [2.24, 2.45) is 0 Å². The van der Waals surface area contributed by atoms with Crippen LogP contribution in [0.1, 0.15) is 105 Å². The van der Waals surface area contributed by atoms with Gasteiger partial charge in [0.05, 0.1) is 11.2 Å². The summed E-state index contributed by atoms with van der Waals surface area (Å²) in [5, 5.41) is 1.03. The molecule has 3 heterocycles. The minimum Gasteiger partial charge on any atom is -0.311 e. The largest absolute Gasteiger partial charge is 0.311 e. The highest BCUT2D eigenvalue weighted by molar-refractivity contribution is 7.00. The van der Waals surface area contributed by atoms with E-state index in [1.807, 2.05) is 0 Å². The fourth-order valence-electron chi connectivity index (χ4n) is 11.5. The maximum absolute atomic E-state index is 5.61. The number of fused-ring (bicyclic) bond motifs is 5. The Kier molecular flexibility index (Phi) is 11.9. The number of hydrogen-bond donors (Lipinski definition) is 0. The topological polar surface area (TPSA) is 32.3 Å². The van der Waals surface area contributed by atoms with E-state index in [4.69, 9.17) is 9.97 Å². The summed E-state index contributed by atoms with van der Waals surface area (Å²) in [4.78, 5) is 16.3. The molecule has 0 amide bonds. The molecule has 0 bridgehead atoms. The first-order valence-corrected chi connectivity index (χ1v) is 27.5. The number of rotatable bonds is 6. The van der Waals surface area contributed by atoms with Gasteiger partial charge in [-0.3, -0.25) is 0 Å². The van der Waals surface area contributed by atoms with Crippen LogP contribution in [0.5, 0.6) is 0 Å². The van der Waals surface area contributed by atoms with E-state index in [9.17, 15) is 0 Å². The van der Waals surface area contributed by atoms with Crippen molar-refractivity contribution >= 4 is 68.1 Å². The molecule has 0 spiro atoms. The molecule has 2 aliphatic heterocycles. The zero-order valence-corrected chi connectivity index (χ0v) is 46.9. The van der Waals surface area contributed by atoms with Crippen molar-refractivity contribution in [2.75, 3.05) is 9.80 Å². The van der Waals surface area contributed by atoms with Gasteiger partial charge in [-0.05, 0) is 137 Å². The maximum Gasteiger partial charge on any atom is 0.252 e. The molecule has 77 heavy (non-hydrogen) atoms. The van der Waals surface area contributed by atoms with E-state index in [1.54, 1.807) is 0 Å². The molecule has 0 saturated carbocycles. The van der Waals surface area contributed by atoms with E-state index in [2.05, 4.69) is 293 Å². The summed E-state index contributed by atoms with van der Waals surface area (Å²) in [7, 11) is 0. The summed E-state index contributed by atoms with van der Waals surface area (Å²) in [5.41, 5.74) is 24.0. The Bertz CT molecular complexity index is 3650. The number of benzene rings is 9. The number of aromatic nitrogens is 2. The van der Waals surface area contributed by atoms with Crippen LogP contribution in [0.25, 0.3) is 55.8 Å². The average Bonchev–Trinajstić information content (AvgIpc) is 3.43. The van der Waals surface area contributed by atoms with Crippen LogP contribution in [0.3, 0.4) is 0 Å². The molecule has 0 radical (unpaired) electrons. The van der Waals surface area contributed by atoms with Crippen molar-refractivity contribution in [2.45, 2.75) is 105 Å². The molecule has 0 unspecified atom stereocenters. The summed E-state index contributed by atoms with van der Waals surface area (Å²) in [6.45, 7) is 27.9. The molecule has 0 atom stereocenters. The second-order valence-electron chi connectivity index (χ2n) is 25.6. The maximum atomic E-state index is 5.61. The molecule has 2 aliphatic rings. The highest BCUT2D eigenvalue weighted by atomic mass is 15.2. The van der Waals surface area contributed by atoms with Gasteiger partial charge in [0.1, 0.15) is 0 Å². The first-order chi connectivity index (χ1) is 36.7. The summed E-state index contributed by atoms with van der Waals surface area (Å²) in [6, 6.07) is 74.8. The monoisotopic (exact) mass is 1000 g/mol. The summed E-state index contributed by atoms with van der Waals surface area (Å²) < 4.78 is 0. The molecule has 1 aromatic heterocycles. The first kappa shape index (κ1) is 49.8. The lowest BCUT2D eigenvalue weighted by Crippen LogP contribution is -2.61. The predicted octanol–water partition coefficient (Wildman–Crippen LogP) is 17.6. The molecule has 4 nitrogen and oxygen atoms in total. The van der Waals surface area contributed by atoms with Crippen molar-refractivity contribution in [3.63, 3.8) is 0 Å². The summed E-state index contributed by atoms with van der Waals surface area (Å²) >= 11 is 0. The van der Waals surface area contributed by atoms with Gasteiger partial charge in [-0.15, -0.1) is 0 Å². The standard InChI is InChI=1S/C72H69BN4/c1-69(2,3)52-40-53(70(4,5)6)43-56(42-52)76-62-34-32-49(46-24-16-13-17-25-46)36-59(62)73-60-37-50(47-26-18-14-19-27-47)33-35-63(60)77(57-44-54(71(7,8)9)41-55(45-57)72(10,11)12)65-39-51(38-64(76)66(65)73)68-74-61-31-23-22-30-58(61)67(75-68)48-28-20-15-21-29-48/h13-45H,1-12H3. The summed E-state index contributed by atoms with van der Waals surface area (Å²) in [5.74, 6) is 0.686. The van der Waals surface area contributed by atoms with Crippen molar-refractivity contribution in [3.8, 4) is 44.9 Å². The molecule has 0 saturated heterocycles. The van der Waals surface area contributed by atoms with Crippen LogP contribution in [0.4, 0.5) is 34.1 Å². The Hall–Kier alpha value is -8.02. The second-order valence-corrected chi connectivity index (χ2v) is 25.6. The second kappa shape index (κ2) is 18.3. The van der Waals surface area contributed by atoms with Gasteiger partial charge >= 0.3 is 0 Å². The van der Waals surface area contributed by atoms with Crippen molar-refractivity contribution in [1.82, 2.24) is 9.97 Å². The van der Waals surface area contributed by atoms with Crippen molar-refractivity contribution < 1.29 is 0 Å². The molecule has 9 aromatic carbocycles. The Morgan fingerprint density at radius 2 is 0.714 bits per heavy atom. The van der Waals surface area contributed by atoms with Crippen LogP contribution >= 0.6 is 0 Å². The fraction of sp³-hybridized carbons (Fsp3) is 0.222. The number of para-hydroxylation sites is 1. The van der Waals surface area contributed by atoms with Gasteiger partial charge < -0.3 is 9.80 Å². The van der Waals surface area contributed by atoms with E-state index in [1.165, 1.54) is 60.9 Å². The Balaban J connectivity index is 1.26. The Morgan fingerprint density at radius 3 is 1.13 bits per heavy atom. The minimum atomic E-state index is -0.142. The molecule has 0 fully saturated rings. The highest BCUT2D eigenvalue weighted by Gasteiger charge is 2.45. The zero-order valence-electron chi connectivity index (χ0n) is 46.9. The van der Waals surface area contributed by atoms with Gasteiger partial charge in [-0.1, -0.05) is 229 Å². The number of nitrogens with zero attached hydrogens (tertiary/aromatic N) is 4. The minimum absolute atomic E-state index is 0.116. The summed E-state index contributed by atoms with van der Waals surface area (Å²) in [6.07, 6.45) is 0. The predicted molar refractivity (Wildman–Crippen MR) is 330 cm³/mol. The van der Waals surface area contributed by atoms with E-state index in [-0.39, 0.29) is 28.4 Å². The lowest BCUT2D eigenvalue weighted by atomic mass is 9.33. The third kappa shape index (κ3) is 9.04. The van der Waals surface area contributed by atoms with E-state index >= 15 is 0 Å². The van der Waals surface area contributed by atoms with Gasteiger partial charge in [0.25, 0.3) is 6.71 Å². The van der Waals surface area contributed by atoms with E-state index in [0.717, 1.165) is 61.8 Å². The lowest BCUT2D eigenvalue weighted by Gasteiger charge is -2.45. The molecule has 12 rings (SSSR count). The molecular formula is C72H69BN4. The lowest BCUT2D eigenvalue weighted by molar-refractivity contribution is 0.568. The van der Waals surface area contributed by atoms with Gasteiger partial charge in [-0.2, -0.15) is 0 Å². The molecular weight excluding hydrogens is 932 g/mol. The quantitative estimate of drug-likeness (QED) is 0.155. The van der Waals surface area contributed by atoms with Gasteiger partial charge in [-0.25, -0.2) is 9.97 Å². The molecule has 5 heteroatoms. The number of anilines is 6. The smallest absolute Gasteiger partial charge is 0.252 e. The SMILES string of the molecule is CC(C)(C)c1cc(N2c3ccc(-c4ccccc4)cc3B3c4cc(-c5ccccc5)ccc4N(c4cc(C(C)(C)C)cc(C(C)(C)C)c4)c4cc(-c5nc(-c6ccccc6)c6ccccc6n5)cc2c43)cc(C(C)(C)C)c1. The van der Waals surface area contributed by atoms with Crippen LogP contribution in [0.15, 0.2) is 200 Å². The van der Waals surface area contributed by atoms with Gasteiger partial charge in [0.2, 0.25) is 0 Å². The first-order valence-electron chi connectivity index (χ1n) is 27.5. The third-order valence-corrected chi connectivity index (χ3v) is 16.0. The van der Waals surface area contributed by atoms with Crippen LogP contribution in [0, 0.1) is 0 Å². The molecule has 0 aliphatic carbocycles. The van der Waals surface area contributed by atoms with Crippen LogP contribution in [0.2, 0.25) is 0 Å². The van der Waals surface area contributed by atoms with Crippen LogP contribution in [-0.4, -0.2) is 16.7 Å². The van der Waals surface area contributed by atoms with Crippen LogP contribution in [-0.2, 0) is 21.7 Å². The Labute approximate surface area is 457 Å². The zero-order chi connectivity index (χ0) is 53.8. The molecule has 0 N–H and O–H groups in total. The highest BCUT2D eigenvalue weighted by Crippen LogP contribution is 2.49. The van der Waals surface area contributed by atoms with Crippen molar-refractivity contribution in [3.05, 3.63) is 222 Å². The van der Waals surface area contributed by atoms with E-state index in [0.29, 0.717) is 5.82 Å². The van der Waals surface area contributed by atoms with Crippen molar-refractivity contribution in [1.29, 1.82) is 0 Å². The van der Waals surface area contributed by atoms with Gasteiger partial charge in [0, 0.05) is 50.6 Å². The van der Waals surface area contributed by atoms with Gasteiger partial charge in [0.15, 0.2) is 5.82 Å². The molecule has 10 aromatic rings. The fourth-order valence-corrected chi connectivity index (χ4v) is 11.5. The van der Waals surface area contributed by atoms with E-state index < -0.39 is 0 Å².